The number of halogens is 1. The Morgan fingerprint density at radius 1 is 1.45 bits per heavy atom. The summed E-state index contributed by atoms with van der Waals surface area (Å²) in [5.41, 5.74) is 6.65. The van der Waals surface area contributed by atoms with E-state index in [1.54, 1.807) is 7.11 Å². The van der Waals surface area contributed by atoms with E-state index in [0.29, 0.717) is 23.9 Å². The number of rotatable bonds is 7. The molecule has 0 aromatic heterocycles. The van der Waals surface area contributed by atoms with E-state index in [9.17, 15) is 4.79 Å². The predicted octanol–water partition coefficient (Wildman–Crippen LogP) is 2.27. The SMILES string of the molecule is COC(CN)CC(=O)NC(c1ccc(Cl)cc1)C1CC1. The van der Waals surface area contributed by atoms with Crippen molar-refractivity contribution in [2.24, 2.45) is 11.7 Å². The van der Waals surface area contributed by atoms with Gasteiger partial charge in [0.2, 0.25) is 5.91 Å². The van der Waals surface area contributed by atoms with E-state index in [1.807, 2.05) is 24.3 Å². The van der Waals surface area contributed by atoms with Crippen LogP contribution in [0.15, 0.2) is 24.3 Å². The van der Waals surface area contributed by atoms with E-state index >= 15 is 0 Å². The molecule has 20 heavy (non-hydrogen) atoms. The smallest absolute Gasteiger partial charge is 0.223 e. The number of hydrogen-bond acceptors (Lipinski definition) is 3. The zero-order valence-corrected chi connectivity index (χ0v) is 12.4. The van der Waals surface area contributed by atoms with Gasteiger partial charge < -0.3 is 15.8 Å². The number of nitrogens with two attached hydrogens (primary N) is 1. The summed E-state index contributed by atoms with van der Waals surface area (Å²) in [5.74, 6) is 0.508. The van der Waals surface area contributed by atoms with Crippen LogP contribution < -0.4 is 11.1 Å². The molecular weight excluding hydrogens is 276 g/mol. The first-order chi connectivity index (χ1) is 9.63. The highest BCUT2D eigenvalue weighted by molar-refractivity contribution is 6.30. The van der Waals surface area contributed by atoms with Crippen molar-refractivity contribution in [3.63, 3.8) is 0 Å². The lowest BCUT2D eigenvalue weighted by Crippen LogP contribution is -2.35. The summed E-state index contributed by atoms with van der Waals surface area (Å²) >= 11 is 5.91. The van der Waals surface area contributed by atoms with Crippen LogP contribution in [0, 0.1) is 5.92 Å². The fourth-order valence-corrected chi connectivity index (χ4v) is 2.40. The van der Waals surface area contributed by atoms with Gasteiger partial charge in [-0.15, -0.1) is 0 Å². The van der Waals surface area contributed by atoms with Gasteiger partial charge in [0.05, 0.1) is 18.6 Å². The molecule has 2 unspecified atom stereocenters. The van der Waals surface area contributed by atoms with E-state index in [1.165, 1.54) is 0 Å². The van der Waals surface area contributed by atoms with Crippen LogP contribution >= 0.6 is 11.6 Å². The molecule has 0 bridgehead atoms. The summed E-state index contributed by atoms with van der Waals surface area (Å²) < 4.78 is 5.15. The van der Waals surface area contributed by atoms with Gasteiger partial charge in [-0.25, -0.2) is 0 Å². The van der Waals surface area contributed by atoms with Crippen LogP contribution in [0.1, 0.15) is 30.9 Å². The van der Waals surface area contributed by atoms with Crippen molar-refractivity contribution in [1.29, 1.82) is 0 Å². The summed E-state index contributed by atoms with van der Waals surface area (Å²) in [6.45, 7) is 0.346. The molecule has 4 nitrogen and oxygen atoms in total. The Hall–Kier alpha value is -1.10. The topological polar surface area (TPSA) is 64.3 Å². The van der Waals surface area contributed by atoms with Crippen molar-refractivity contribution in [2.45, 2.75) is 31.4 Å². The first kappa shape index (κ1) is 15.3. The van der Waals surface area contributed by atoms with Gasteiger partial charge in [-0.2, -0.15) is 0 Å². The number of carbonyl (C=O) groups excluding carboxylic acids is 1. The summed E-state index contributed by atoms with van der Waals surface area (Å²) in [6, 6.07) is 7.73. The monoisotopic (exact) mass is 296 g/mol. The molecule has 2 atom stereocenters. The van der Waals surface area contributed by atoms with Crippen molar-refractivity contribution >= 4 is 17.5 Å². The standard InChI is InChI=1S/C15H21ClN2O2/c1-20-13(9-17)8-14(19)18-15(10-2-3-10)11-4-6-12(16)7-5-11/h4-7,10,13,15H,2-3,8-9,17H2,1H3,(H,18,19). The van der Waals surface area contributed by atoms with Crippen LogP contribution in [0.25, 0.3) is 0 Å². The largest absolute Gasteiger partial charge is 0.380 e. The molecule has 1 aliphatic rings. The molecule has 5 heteroatoms. The lowest BCUT2D eigenvalue weighted by atomic mass is 10.0. The predicted molar refractivity (Wildman–Crippen MR) is 79.5 cm³/mol. The van der Waals surface area contributed by atoms with E-state index < -0.39 is 0 Å². The van der Waals surface area contributed by atoms with Crippen LogP contribution in [0.3, 0.4) is 0 Å². The van der Waals surface area contributed by atoms with E-state index in [-0.39, 0.29) is 18.1 Å². The molecular formula is C15H21ClN2O2. The molecule has 3 N–H and O–H groups in total. The minimum absolute atomic E-state index is 0.0193. The van der Waals surface area contributed by atoms with Crippen molar-refractivity contribution in [1.82, 2.24) is 5.32 Å². The number of methoxy groups -OCH3 is 1. The zero-order valence-electron chi connectivity index (χ0n) is 11.6. The number of amides is 1. The van der Waals surface area contributed by atoms with Gasteiger partial charge in [0.1, 0.15) is 0 Å². The second kappa shape index (κ2) is 7.07. The molecule has 1 fully saturated rings. The Labute approximate surface area is 124 Å². The van der Waals surface area contributed by atoms with Gasteiger partial charge in [-0.3, -0.25) is 4.79 Å². The third-order valence-corrected chi connectivity index (χ3v) is 3.90. The molecule has 1 aromatic rings. The third kappa shape index (κ3) is 4.20. The maximum atomic E-state index is 12.1. The van der Waals surface area contributed by atoms with Crippen molar-refractivity contribution in [3.8, 4) is 0 Å². The summed E-state index contributed by atoms with van der Waals surface area (Å²) in [6.07, 6.45) is 2.38. The first-order valence-electron chi connectivity index (χ1n) is 6.91. The van der Waals surface area contributed by atoms with E-state index in [0.717, 1.165) is 18.4 Å². The van der Waals surface area contributed by atoms with Crippen LogP contribution in [0.5, 0.6) is 0 Å². The summed E-state index contributed by atoms with van der Waals surface area (Å²) in [7, 11) is 1.57. The number of nitrogens with one attached hydrogen (secondary N) is 1. The Morgan fingerprint density at radius 3 is 2.60 bits per heavy atom. The molecule has 1 aromatic carbocycles. The Morgan fingerprint density at radius 2 is 2.10 bits per heavy atom. The second-order valence-corrected chi connectivity index (χ2v) is 5.67. The summed E-state index contributed by atoms with van der Waals surface area (Å²) in [5, 5.41) is 3.80. The quantitative estimate of drug-likeness (QED) is 0.811. The average Bonchev–Trinajstić information content (AvgIpc) is 3.28. The lowest BCUT2D eigenvalue weighted by Gasteiger charge is -2.20. The fourth-order valence-electron chi connectivity index (χ4n) is 2.28. The van der Waals surface area contributed by atoms with Gasteiger partial charge in [0, 0.05) is 18.7 Å². The van der Waals surface area contributed by atoms with Gasteiger partial charge >= 0.3 is 0 Å². The van der Waals surface area contributed by atoms with E-state index in [4.69, 9.17) is 22.1 Å². The number of carbonyl (C=O) groups is 1. The molecule has 0 radical (unpaired) electrons. The Balaban J connectivity index is 1.99. The maximum absolute atomic E-state index is 12.1. The highest BCUT2D eigenvalue weighted by Crippen LogP contribution is 2.41. The molecule has 2 rings (SSSR count). The minimum atomic E-state index is -0.222. The van der Waals surface area contributed by atoms with Crippen molar-refractivity contribution < 1.29 is 9.53 Å². The van der Waals surface area contributed by atoms with Gasteiger partial charge in [-0.05, 0) is 36.5 Å². The molecule has 0 heterocycles. The van der Waals surface area contributed by atoms with Gasteiger partial charge in [0.25, 0.3) is 0 Å². The van der Waals surface area contributed by atoms with Crippen LogP contribution in [-0.4, -0.2) is 25.7 Å². The van der Waals surface area contributed by atoms with Crippen LogP contribution in [-0.2, 0) is 9.53 Å². The number of hydrogen-bond donors (Lipinski definition) is 2. The molecule has 0 aliphatic heterocycles. The molecule has 1 amide bonds. The first-order valence-corrected chi connectivity index (χ1v) is 7.29. The number of benzene rings is 1. The molecule has 0 saturated heterocycles. The molecule has 1 aliphatic carbocycles. The molecule has 110 valence electrons. The fraction of sp³-hybridized carbons (Fsp3) is 0.533. The van der Waals surface area contributed by atoms with Crippen molar-refractivity contribution in [3.05, 3.63) is 34.9 Å². The highest BCUT2D eigenvalue weighted by atomic mass is 35.5. The number of ether oxygens (including phenoxy) is 1. The van der Waals surface area contributed by atoms with Crippen LogP contribution in [0.2, 0.25) is 5.02 Å². The normalized spacial score (nSPS) is 17.6. The Bertz CT molecular complexity index is 442. The Kier molecular flexibility index (Phi) is 5.40. The lowest BCUT2D eigenvalue weighted by molar-refractivity contribution is -0.124. The third-order valence-electron chi connectivity index (χ3n) is 3.65. The molecule has 1 saturated carbocycles. The van der Waals surface area contributed by atoms with E-state index in [2.05, 4.69) is 5.32 Å². The second-order valence-electron chi connectivity index (χ2n) is 5.23. The minimum Gasteiger partial charge on any atom is -0.380 e. The average molecular weight is 297 g/mol. The highest BCUT2D eigenvalue weighted by Gasteiger charge is 2.33. The molecule has 0 spiro atoms. The van der Waals surface area contributed by atoms with Crippen molar-refractivity contribution in [2.75, 3.05) is 13.7 Å². The maximum Gasteiger partial charge on any atom is 0.223 e. The van der Waals surface area contributed by atoms with Gasteiger partial charge in [0.15, 0.2) is 0 Å². The van der Waals surface area contributed by atoms with Gasteiger partial charge in [-0.1, -0.05) is 23.7 Å². The van der Waals surface area contributed by atoms with Crippen LogP contribution in [0.4, 0.5) is 0 Å². The summed E-state index contributed by atoms with van der Waals surface area (Å²) in [4.78, 5) is 12.1. The zero-order chi connectivity index (χ0) is 14.5.